The number of nitrogens with one attached hydrogen (secondary N) is 1. The number of hydrogen-bond acceptors (Lipinski definition) is 4. The maximum absolute atomic E-state index is 12.7. The minimum Gasteiger partial charge on any atom is -0.472 e. The lowest BCUT2D eigenvalue weighted by molar-refractivity contribution is -0.140. The van der Waals surface area contributed by atoms with Gasteiger partial charge in [0.1, 0.15) is 11.4 Å². The second-order valence-corrected chi connectivity index (χ2v) is 7.53. The molecule has 120 valence electrons. The normalized spacial score (nSPS) is 24.8. The molecule has 2 amide bonds. The van der Waals surface area contributed by atoms with Crippen LogP contribution in [0.15, 0.2) is 23.0 Å². The summed E-state index contributed by atoms with van der Waals surface area (Å²) in [5, 5.41) is 2.85. The summed E-state index contributed by atoms with van der Waals surface area (Å²) in [6.45, 7) is 4.76. The number of rotatable bonds is 5. The van der Waals surface area contributed by atoms with Crippen LogP contribution in [-0.4, -0.2) is 35.1 Å². The van der Waals surface area contributed by atoms with E-state index in [-0.39, 0.29) is 29.1 Å². The molecule has 2 atom stereocenters. The highest BCUT2D eigenvalue weighted by Gasteiger charge is 2.46. The number of carbonyl (C=O) groups is 2. The highest BCUT2D eigenvalue weighted by Crippen LogP contribution is 2.45. The molecule has 3 rings (SSSR count). The van der Waals surface area contributed by atoms with Crippen molar-refractivity contribution in [2.24, 2.45) is 11.8 Å². The molecule has 2 unspecified atom stereocenters. The van der Waals surface area contributed by atoms with Gasteiger partial charge in [0.25, 0.3) is 0 Å². The zero-order valence-electron chi connectivity index (χ0n) is 13.0. The van der Waals surface area contributed by atoms with Crippen LogP contribution in [0.25, 0.3) is 0 Å². The summed E-state index contributed by atoms with van der Waals surface area (Å²) >= 11 is 1.64. The third-order valence-corrected chi connectivity index (χ3v) is 5.32. The minimum absolute atomic E-state index is 0.0406. The molecule has 6 heteroatoms. The van der Waals surface area contributed by atoms with Crippen molar-refractivity contribution in [1.82, 2.24) is 10.2 Å². The van der Waals surface area contributed by atoms with Gasteiger partial charge in [-0.15, -0.1) is 11.8 Å². The first kappa shape index (κ1) is 15.5. The molecule has 1 saturated carbocycles. The van der Waals surface area contributed by atoms with Gasteiger partial charge in [-0.05, 0) is 24.8 Å². The Hall–Kier alpha value is -1.43. The molecule has 1 aliphatic carbocycles. The van der Waals surface area contributed by atoms with E-state index in [9.17, 15) is 9.59 Å². The van der Waals surface area contributed by atoms with Gasteiger partial charge >= 0.3 is 0 Å². The molecule has 1 aromatic rings. The second kappa shape index (κ2) is 6.36. The number of nitrogens with zero attached hydrogens (tertiary/aromatic N) is 1. The van der Waals surface area contributed by atoms with Crippen LogP contribution in [0.1, 0.15) is 37.6 Å². The van der Waals surface area contributed by atoms with Crippen LogP contribution >= 0.6 is 11.8 Å². The van der Waals surface area contributed by atoms with Crippen molar-refractivity contribution in [2.75, 3.05) is 12.3 Å². The summed E-state index contributed by atoms with van der Waals surface area (Å²) in [6, 6.07) is 1.50. The Morgan fingerprint density at radius 3 is 2.82 bits per heavy atom. The van der Waals surface area contributed by atoms with Gasteiger partial charge < -0.3 is 14.6 Å². The maximum Gasteiger partial charge on any atom is 0.243 e. The van der Waals surface area contributed by atoms with Crippen LogP contribution in [0.3, 0.4) is 0 Å². The van der Waals surface area contributed by atoms with Gasteiger partial charge in [-0.25, -0.2) is 0 Å². The van der Waals surface area contributed by atoms with E-state index in [1.165, 1.54) is 0 Å². The predicted molar refractivity (Wildman–Crippen MR) is 85.1 cm³/mol. The Balaban J connectivity index is 1.77. The van der Waals surface area contributed by atoms with E-state index in [0.29, 0.717) is 18.2 Å². The van der Waals surface area contributed by atoms with Crippen molar-refractivity contribution < 1.29 is 14.0 Å². The van der Waals surface area contributed by atoms with E-state index < -0.39 is 0 Å². The maximum atomic E-state index is 12.7. The van der Waals surface area contributed by atoms with E-state index in [1.54, 1.807) is 29.2 Å². The minimum atomic E-state index is -0.378. The van der Waals surface area contributed by atoms with Crippen LogP contribution in [0.4, 0.5) is 0 Å². The van der Waals surface area contributed by atoms with Crippen molar-refractivity contribution in [2.45, 2.75) is 38.1 Å². The summed E-state index contributed by atoms with van der Waals surface area (Å²) in [7, 11) is 0. The van der Waals surface area contributed by atoms with Crippen LogP contribution in [0.2, 0.25) is 0 Å². The summed E-state index contributed by atoms with van der Waals surface area (Å²) in [4.78, 5) is 26.9. The zero-order valence-corrected chi connectivity index (χ0v) is 13.8. The SMILES string of the molecule is CC(C)CNC(=O)C1CSC(c2ccoc2)N1C(=O)C1CC1. The Morgan fingerprint density at radius 2 is 2.23 bits per heavy atom. The first-order valence-corrected chi connectivity index (χ1v) is 8.86. The van der Waals surface area contributed by atoms with E-state index >= 15 is 0 Å². The first-order valence-electron chi connectivity index (χ1n) is 7.81. The molecule has 1 aromatic heterocycles. The first-order chi connectivity index (χ1) is 10.6. The molecule has 0 aromatic carbocycles. The Morgan fingerprint density at radius 1 is 1.45 bits per heavy atom. The summed E-state index contributed by atoms with van der Waals surface area (Å²) in [5.41, 5.74) is 0.957. The predicted octanol–water partition coefficient (Wildman–Crippen LogP) is 2.40. The van der Waals surface area contributed by atoms with Gasteiger partial charge in [0.2, 0.25) is 11.8 Å². The molecule has 2 aliphatic rings. The molecule has 0 radical (unpaired) electrons. The number of thioether (sulfide) groups is 1. The quantitative estimate of drug-likeness (QED) is 0.904. The van der Waals surface area contributed by atoms with Crippen molar-refractivity contribution in [1.29, 1.82) is 0 Å². The molecule has 2 fully saturated rings. The topological polar surface area (TPSA) is 62.6 Å². The average Bonchev–Trinajstić information content (AvgIpc) is 3.02. The summed E-state index contributed by atoms with van der Waals surface area (Å²) in [5.74, 6) is 1.21. The fourth-order valence-corrected chi connectivity index (χ4v) is 4.03. The van der Waals surface area contributed by atoms with Gasteiger partial charge in [0, 0.05) is 23.8 Å². The Bertz CT molecular complexity index is 540. The zero-order chi connectivity index (χ0) is 15.7. The molecule has 1 aliphatic heterocycles. The van der Waals surface area contributed by atoms with Gasteiger partial charge in [0.15, 0.2) is 0 Å². The van der Waals surface area contributed by atoms with Crippen LogP contribution in [-0.2, 0) is 9.59 Å². The molecule has 0 spiro atoms. The van der Waals surface area contributed by atoms with Crippen LogP contribution < -0.4 is 5.32 Å². The molecule has 1 N–H and O–H groups in total. The van der Waals surface area contributed by atoms with E-state index in [0.717, 1.165) is 18.4 Å². The largest absolute Gasteiger partial charge is 0.472 e. The lowest BCUT2D eigenvalue weighted by Gasteiger charge is -2.28. The number of carbonyl (C=O) groups excluding carboxylic acids is 2. The molecule has 2 heterocycles. The number of hydrogen-bond donors (Lipinski definition) is 1. The van der Waals surface area contributed by atoms with Crippen LogP contribution in [0, 0.1) is 11.8 Å². The fourth-order valence-electron chi connectivity index (χ4n) is 2.61. The third kappa shape index (κ3) is 3.16. The van der Waals surface area contributed by atoms with Crippen molar-refractivity contribution >= 4 is 23.6 Å². The van der Waals surface area contributed by atoms with E-state index in [2.05, 4.69) is 19.2 Å². The van der Waals surface area contributed by atoms with E-state index in [4.69, 9.17) is 4.42 Å². The van der Waals surface area contributed by atoms with Crippen molar-refractivity contribution in [3.63, 3.8) is 0 Å². The van der Waals surface area contributed by atoms with Gasteiger partial charge in [-0.1, -0.05) is 13.8 Å². The second-order valence-electron chi connectivity index (χ2n) is 6.42. The van der Waals surface area contributed by atoms with Crippen molar-refractivity contribution in [3.05, 3.63) is 24.2 Å². The van der Waals surface area contributed by atoms with Gasteiger partial charge in [-0.2, -0.15) is 0 Å². The lowest BCUT2D eigenvalue weighted by atomic mass is 10.1. The van der Waals surface area contributed by atoms with Crippen LogP contribution in [0.5, 0.6) is 0 Å². The molecule has 0 bridgehead atoms. The third-order valence-electron chi connectivity index (χ3n) is 4.00. The standard InChI is InChI=1S/C16H22N2O3S/c1-10(2)7-17-14(19)13-9-22-16(12-5-6-21-8-12)18(13)15(20)11-3-4-11/h5-6,8,10-11,13,16H,3-4,7,9H2,1-2H3,(H,17,19). The van der Waals surface area contributed by atoms with Crippen molar-refractivity contribution in [3.8, 4) is 0 Å². The lowest BCUT2D eigenvalue weighted by Crippen LogP contribution is -2.49. The average molecular weight is 322 g/mol. The highest BCUT2D eigenvalue weighted by atomic mass is 32.2. The van der Waals surface area contributed by atoms with Gasteiger partial charge in [0.05, 0.1) is 12.5 Å². The highest BCUT2D eigenvalue weighted by molar-refractivity contribution is 7.99. The molecule has 1 saturated heterocycles. The fraction of sp³-hybridized carbons (Fsp3) is 0.625. The molecule has 22 heavy (non-hydrogen) atoms. The summed E-state index contributed by atoms with van der Waals surface area (Å²) < 4.78 is 5.15. The monoisotopic (exact) mass is 322 g/mol. The van der Waals surface area contributed by atoms with Gasteiger partial charge in [-0.3, -0.25) is 9.59 Å². The Labute approximate surface area is 134 Å². The molecular formula is C16H22N2O3S. The smallest absolute Gasteiger partial charge is 0.243 e. The molecular weight excluding hydrogens is 300 g/mol. The number of amides is 2. The summed E-state index contributed by atoms with van der Waals surface area (Å²) in [6.07, 6.45) is 5.16. The molecule has 5 nitrogen and oxygen atoms in total. The Kier molecular flexibility index (Phi) is 4.47. The number of furan rings is 1. The van der Waals surface area contributed by atoms with E-state index in [1.807, 2.05) is 6.07 Å².